The van der Waals surface area contributed by atoms with Gasteiger partial charge in [0, 0.05) is 13.5 Å². The van der Waals surface area contributed by atoms with E-state index in [1.54, 1.807) is 7.05 Å². The van der Waals surface area contributed by atoms with Crippen molar-refractivity contribution in [2.45, 2.75) is 31.9 Å². The summed E-state index contributed by atoms with van der Waals surface area (Å²) in [6.45, 7) is 0.447. The molecule has 2 aliphatic rings. The van der Waals surface area contributed by atoms with Crippen LogP contribution < -0.4 is 0 Å². The van der Waals surface area contributed by atoms with Crippen LogP contribution in [0.25, 0.3) is 0 Å². The molecule has 0 spiro atoms. The molecule has 2 fully saturated rings. The second-order valence-corrected chi connectivity index (χ2v) is 4.49. The molecule has 17 heavy (non-hydrogen) atoms. The van der Waals surface area contributed by atoms with Crippen LogP contribution in [0.1, 0.15) is 25.7 Å². The third-order valence-corrected chi connectivity index (χ3v) is 3.44. The molecule has 0 bridgehead atoms. The van der Waals surface area contributed by atoms with Gasteiger partial charge in [0.25, 0.3) is 0 Å². The second-order valence-electron chi connectivity index (χ2n) is 4.49. The first-order valence-electron chi connectivity index (χ1n) is 5.92. The van der Waals surface area contributed by atoms with Crippen molar-refractivity contribution in [3.8, 4) is 0 Å². The maximum Gasteiger partial charge on any atom is 0.346 e. The van der Waals surface area contributed by atoms with Gasteiger partial charge in [0.05, 0.1) is 19.6 Å². The first kappa shape index (κ1) is 12.2. The number of rotatable bonds is 3. The predicted molar refractivity (Wildman–Crippen MR) is 58.7 cm³/mol. The zero-order chi connectivity index (χ0) is 12.4. The van der Waals surface area contributed by atoms with Crippen LogP contribution >= 0.6 is 0 Å². The Bertz CT molecular complexity index is 317. The van der Waals surface area contributed by atoms with E-state index in [1.165, 1.54) is 17.1 Å². The van der Waals surface area contributed by atoms with E-state index >= 15 is 0 Å². The van der Waals surface area contributed by atoms with E-state index in [-0.39, 0.29) is 17.9 Å². The van der Waals surface area contributed by atoms with Gasteiger partial charge >= 0.3 is 12.0 Å². The Hall–Kier alpha value is -1.30. The molecule has 0 aromatic rings. The third-order valence-electron chi connectivity index (χ3n) is 3.44. The summed E-state index contributed by atoms with van der Waals surface area (Å²) in [5.74, 6) is -0.134. The van der Waals surface area contributed by atoms with E-state index in [1.807, 2.05) is 0 Å². The highest BCUT2D eigenvalue weighted by molar-refractivity contribution is 5.76. The monoisotopic (exact) mass is 242 g/mol. The van der Waals surface area contributed by atoms with Crippen molar-refractivity contribution >= 4 is 12.0 Å². The molecule has 0 aromatic carbocycles. The number of hydrogen-bond donors (Lipinski definition) is 0. The van der Waals surface area contributed by atoms with Gasteiger partial charge in [-0.15, -0.1) is 0 Å². The minimum absolute atomic E-state index is 0.0407. The first-order valence-corrected chi connectivity index (χ1v) is 5.92. The predicted octanol–water partition coefficient (Wildman–Crippen LogP) is 0.975. The fraction of sp³-hybridized carbons (Fsp3) is 0.818. The molecule has 1 heterocycles. The Morgan fingerprint density at radius 1 is 1.35 bits per heavy atom. The second kappa shape index (κ2) is 4.91. The summed E-state index contributed by atoms with van der Waals surface area (Å²) in [4.78, 5) is 29.7. The lowest BCUT2D eigenvalue weighted by Crippen LogP contribution is -2.53. The van der Waals surface area contributed by atoms with E-state index in [2.05, 4.69) is 0 Å². The Morgan fingerprint density at radius 3 is 2.59 bits per heavy atom. The van der Waals surface area contributed by atoms with Crippen LogP contribution in [-0.2, 0) is 14.4 Å². The van der Waals surface area contributed by atoms with Crippen molar-refractivity contribution < 1.29 is 19.2 Å². The van der Waals surface area contributed by atoms with Gasteiger partial charge in [-0.3, -0.25) is 14.5 Å². The minimum Gasteiger partial charge on any atom is -0.441 e. The molecule has 2 rings (SSSR count). The molecular weight excluding hydrogens is 224 g/mol. The smallest absolute Gasteiger partial charge is 0.346 e. The standard InChI is InChI=1S/C11H18N2O4/c1-12-9(6-7-13(16-2)11(12)15)17-10(14)8-4-3-5-8/h8-9H,3-7H2,1-2H3. The fourth-order valence-corrected chi connectivity index (χ4v) is 2.00. The summed E-state index contributed by atoms with van der Waals surface area (Å²) >= 11 is 0. The summed E-state index contributed by atoms with van der Waals surface area (Å²) in [5.41, 5.74) is 0. The van der Waals surface area contributed by atoms with Crippen molar-refractivity contribution in [1.82, 2.24) is 9.96 Å². The van der Waals surface area contributed by atoms with Crippen LogP contribution in [0.2, 0.25) is 0 Å². The number of carbonyl (C=O) groups is 2. The fourth-order valence-electron chi connectivity index (χ4n) is 2.00. The molecule has 6 nitrogen and oxygen atoms in total. The van der Waals surface area contributed by atoms with Crippen LogP contribution in [0.3, 0.4) is 0 Å². The molecule has 6 heteroatoms. The number of nitrogens with zero attached hydrogens (tertiary/aromatic N) is 2. The highest BCUT2D eigenvalue weighted by Crippen LogP contribution is 2.28. The average molecular weight is 242 g/mol. The topological polar surface area (TPSA) is 59.1 Å². The summed E-state index contributed by atoms with van der Waals surface area (Å²) in [7, 11) is 3.07. The van der Waals surface area contributed by atoms with Crippen molar-refractivity contribution in [3.63, 3.8) is 0 Å². The largest absolute Gasteiger partial charge is 0.441 e. The highest BCUT2D eigenvalue weighted by atomic mass is 16.7. The SMILES string of the molecule is CON1CCC(OC(=O)C2CCC2)N(C)C1=O. The van der Waals surface area contributed by atoms with Crippen LogP contribution in [0, 0.1) is 5.92 Å². The van der Waals surface area contributed by atoms with Gasteiger partial charge in [0.2, 0.25) is 0 Å². The number of esters is 1. The lowest BCUT2D eigenvalue weighted by atomic mass is 9.86. The van der Waals surface area contributed by atoms with Crippen molar-refractivity contribution in [1.29, 1.82) is 0 Å². The Kier molecular flexibility index (Phi) is 3.51. The maximum atomic E-state index is 11.7. The Morgan fingerprint density at radius 2 is 2.06 bits per heavy atom. The van der Waals surface area contributed by atoms with Crippen LogP contribution in [0.5, 0.6) is 0 Å². The summed E-state index contributed by atoms with van der Waals surface area (Å²) in [5, 5.41) is 1.26. The van der Waals surface area contributed by atoms with Gasteiger partial charge in [-0.05, 0) is 12.8 Å². The van der Waals surface area contributed by atoms with Crippen LogP contribution in [0.4, 0.5) is 4.79 Å². The van der Waals surface area contributed by atoms with Gasteiger partial charge in [-0.1, -0.05) is 6.42 Å². The number of hydrogen-bond acceptors (Lipinski definition) is 4. The van der Waals surface area contributed by atoms with E-state index in [9.17, 15) is 9.59 Å². The quantitative estimate of drug-likeness (QED) is 0.692. The van der Waals surface area contributed by atoms with E-state index in [4.69, 9.17) is 9.57 Å². The molecule has 0 aromatic heterocycles. The normalized spacial score (nSPS) is 25.8. The zero-order valence-electron chi connectivity index (χ0n) is 10.2. The maximum absolute atomic E-state index is 11.7. The third kappa shape index (κ3) is 2.36. The Balaban J connectivity index is 1.89. The lowest BCUT2D eigenvalue weighted by molar-refractivity contribution is -0.177. The lowest BCUT2D eigenvalue weighted by Gasteiger charge is -2.38. The van der Waals surface area contributed by atoms with Gasteiger partial charge in [0.15, 0.2) is 6.23 Å². The van der Waals surface area contributed by atoms with E-state index in [0.717, 1.165) is 19.3 Å². The summed E-state index contributed by atoms with van der Waals surface area (Å²) < 4.78 is 5.35. The van der Waals surface area contributed by atoms with Crippen molar-refractivity contribution in [3.05, 3.63) is 0 Å². The molecule has 1 atom stereocenters. The number of amides is 2. The molecule has 1 aliphatic carbocycles. The van der Waals surface area contributed by atoms with E-state index < -0.39 is 6.23 Å². The van der Waals surface area contributed by atoms with Crippen LogP contribution in [-0.4, -0.2) is 48.9 Å². The molecule has 2 amide bonds. The van der Waals surface area contributed by atoms with Crippen LogP contribution in [0.15, 0.2) is 0 Å². The van der Waals surface area contributed by atoms with E-state index in [0.29, 0.717) is 13.0 Å². The van der Waals surface area contributed by atoms with Crippen molar-refractivity contribution in [2.24, 2.45) is 5.92 Å². The zero-order valence-corrected chi connectivity index (χ0v) is 10.2. The molecule has 1 aliphatic heterocycles. The molecule has 96 valence electrons. The molecular formula is C11H18N2O4. The minimum atomic E-state index is -0.456. The van der Waals surface area contributed by atoms with Gasteiger partial charge in [-0.2, -0.15) is 0 Å². The molecule has 0 radical (unpaired) electrons. The number of carbonyl (C=O) groups excluding carboxylic acids is 2. The molecule has 1 saturated heterocycles. The number of urea groups is 1. The first-order chi connectivity index (χ1) is 8.13. The molecule has 1 unspecified atom stereocenters. The summed E-state index contributed by atoms with van der Waals surface area (Å²) in [6, 6.07) is -0.273. The van der Waals surface area contributed by atoms with Crippen molar-refractivity contribution in [2.75, 3.05) is 20.7 Å². The summed E-state index contributed by atoms with van der Waals surface area (Å²) in [6.07, 6.45) is 3.04. The molecule has 0 N–H and O–H groups in total. The Labute approximate surface area is 100 Å². The molecule has 1 saturated carbocycles. The number of hydroxylamine groups is 2. The number of ether oxygens (including phenoxy) is 1. The highest BCUT2D eigenvalue weighted by Gasteiger charge is 2.35. The van der Waals surface area contributed by atoms with Gasteiger partial charge in [-0.25, -0.2) is 9.86 Å². The van der Waals surface area contributed by atoms with Gasteiger partial charge in [0.1, 0.15) is 0 Å². The van der Waals surface area contributed by atoms with Gasteiger partial charge < -0.3 is 4.74 Å². The average Bonchev–Trinajstić information content (AvgIpc) is 2.23.